The van der Waals surface area contributed by atoms with E-state index < -0.39 is 11.4 Å². The molecule has 0 saturated carbocycles. The summed E-state index contributed by atoms with van der Waals surface area (Å²) in [6.07, 6.45) is 2.78. The van der Waals surface area contributed by atoms with Gasteiger partial charge in [0.1, 0.15) is 5.54 Å². The van der Waals surface area contributed by atoms with Crippen LogP contribution in [0.1, 0.15) is 40.0 Å². The van der Waals surface area contributed by atoms with E-state index >= 15 is 0 Å². The van der Waals surface area contributed by atoms with Crippen molar-refractivity contribution < 1.29 is 9.59 Å². The maximum absolute atomic E-state index is 11.9. The summed E-state index contributed by atoms with van der Waals surface area (Å²) >= 11 is 0. The van der Waals surface area contributed by atoms with E-state index in [4.69, 9.17) is 5.73 Å². The largest absolute Gasteiger partial charge is 0.368 e. The highest BCUT2D eigenvalue weighted by Crippen LogP contribution is 2.22. The normalized spacial score (nSPS) is 22.3. The Bertz CT molecular complexity index is 309. The molecule has 1 fully saturated rings. The van der Waals surface area contributed by atoms with Crippen LogP contribution < -0.4 is 16.4 Å². The van der Waals surface area contributed by atoms with Gasteiger partial charge in [-0.15, -0.1) is 0 Å². The maximum Gasteiger partial charge on any atom is 0.242 e. The van der Waals surface area contributed by atoms with Crippen LogP contribution in [0.5, 0.6) is 0 Å². The molecule has 2 unspecified atom stereocenters. The van der Waals surface area contributed by atoms with E-state index in [2.05, 4.69) is 17.6 Å². The number of nitrogens with two attached hydrogens (primary N) is 1. The molecule has 0 spiro atoms. The van der Waals surface area contributed by atoms with E-state index in [1.54, 1.807) is 13.8 Å². The molecule has 0 bridgehead atoms. The minimum atomic E-state index is -0.971. The number of hydrogen-bond acceptors (Lipinski definition) is 3. The van der Waals surface area contributed by atoms with E-state index in [0.29, 0.717) is 18.3 Å². The van der Waals surface area contributed by atoms with Crippen molar-refractivity contribution >= 4 is 11.8 Å². The standard InChI is InChI=1S/C13H25N3O2/c1-9(10-5-4-6-15-8-10)7-11(17)16-13(2,3)12(14)18/h9-10,15H,4-8H2,1-3H3,(H2,14,18)(H,16,17). The number of piperidine rings is 1. The molecular weight excluding hydrogens is 230 g/mol. The van der Waals surface area contributed by atoms with Crippen molar-refractivity contribution in [3.63, 3.8) is 0 Å². The van der Waals surface area contributed by atoms with Gasteiger partial charge in [0.2, 0.25) is 11.8 Å². The van der Waals surface area contributed by atoms with Gasteiger partial charge in [0, 0.05) is 6.42 Å². The van der Waals surface area contributed by atoms with Gasteiger partial charge in [-0.3, -0.25) is 9.59 Å². The predicted molar refractivity (Wildman–Crippen MR) is 70.8 cm³/mol. The van der Waals surface area contributed by atoms with Gasteiger partial charge in [0.15, 0.2) is 0 Å². The van der Waals surface area contributed by atoms with Gasteiger partial charge in [0.05, 0.1) is 0 Å². The van der Waals surface area contributed by atoms with Crippen LogP contribution in [-0.4, -0.2) is 30.4 Å². The topological polar surface area (TPSA) is 84.2 Å². The average molecular weight is 255 g/mol. The lowest BCUT2D eigenvalue weighted by Crippen LogP contribution is -2.53. The molecule has 0 aromatic heterocycles. The summed E-state index contributed by atoms with van der Waals surface area (Å²) in [4.78, 5) is 23.0. The van der Waals surface area contributed by atoms with Crippen LogP contribution in [-0.2, 0) is 9.59 Å². The molecule has 2 amide bonds. The minimum Gasteiger partial charge on any atom is -0.368 e. The van der Waals surface area contributed by atoms with E-state index in [-0.39, 0.29) is 5.91 Å². The Balaban J connectivity index is 2.41. The van der Waals surface area contributed by atoms with E-state index in [1.165, 1.54) is 12.8 Å². The molecule has 0 radical (unpaired) electrons. The van der Waals surface area contributed by atoms with Crippen molar-refractivity contribution in [3.8, 4) is 0 Å². The summed E-state index contributed by atoms with van der Waals surface area (Å²) in [5.41, 5.74) is 4.26. The first-order valence-corrected chi connectivity index (χ1v) is 6.64. The highest BCUT2D eigenvalue weighted by molar-refractivity contribution is 5.89. The second kappa shape index (κ2) is 6.18. The molecule has 5 nitrogen and oxygen atoms in total. The second-order valence-electron chi connectivity index (χ2n) is 5.83. The third kappa shape index (κ3) is 4.29. The highest BCUT2D eigenvalue weighted by Gasteiger charge is 2.28. The van der Waals surface area contributed by atoms with Crippen LogP contribution in [0.4, 0.5) is 0 Å². The number of primary amides is 1. The first-order chi connectivity index (χ1) is 8.33. The van der Waals surface area contributed by atoms with E-state index in [9.17, 15) is 9.59 Å². The molecule has 5 heteroatoms. The molecule has 2 atom stereocenters. The van der Waals surface area contributed by atoms with E-state index in [1.807, 2.05) is 0 Å². The first kappa shape index (κ1) is 15.0. The van der Waals surface area contributed by atoms with Crippen LogP contribution in [0.15, 0.2) is 0 Å². The van der Waals surface area contributed by atoms with Crippen LogP contribution in [0.3, 0.4) is 0 Å². The molecule has 104 valence electrons. The quantitative estimate of drug-likeness (QED) is 0.664. The minimum absolute atomic E-state index is 0.100. The smallest absolute Gasteiger partial charge is 0.242 e. The van der Waals surface area contributed by atoms with Crippen LogP contribution in [0.2, 0.25) is 0 Å². The number of amides is 2. The summed E-state index contributed by atoms with van der Waals surface area (Å²) < 4.78 is 0. The van der Waals surface area contributed by atoms with Crippen LogP contribution in [0.25, 0.3) is 0 Å². The number of carbonyl (C=O) groups is 2. The van der Waals surface area contributed by atoms with Gasteiger partial charge in [-0.05, 0) is 51.6 Å². The lowest BCUT2D eigenvalue weighted by Gasteiger charge is -2.29. The van der Waals surface area contributed by atoms with Gasteiger partial charge in [-0.25, -0.2) is 0 Å². The van der Waals surface area contributed by atoms with Crippen molar-refractivity contribution in [1.82, 2.24) is 10.6 Å². The fraction of sp³-hybridized carbons (Fsp3) is 0.846. The van der Waals surface area contributed by atoms with Crippen molar-refractivity contribution in [2.75, 3.05) is 13.1 Å². The molecule has 0 aromatic carbocycles. The first-order valence-electron chi connectivity index (χ1n) is 6.64. The zero-order valence-corrected chi connectivity index (χ0v) is 11.6. The average Bonchev–Trinajstić information content (AvgIpc) is 2.29. The Hall–Kier alpha value is -1.10. The summed E-state index contributed by atoms with van der Waals surface area (Å²) in [5, 5.41) is 6.04. The molecule has 18 heavy (non-hydrogen) atoms. The third-order valence-corrected chi connectivity index (χ3v) is 3.72. The highest BCUT2D eigenvalue weighted by atomic mass is 16.2. The molecule has 0 aliphatic carbocycles. The fourth-order valence-electron chi connectivity index (χ4n) is 2.28. The Morgan fingerprint density at radius 1 is 1.50 bits per heavy atom. The molecule has 1 aliphatic heterocycles. The molecule has 0 aromatic rings. The van der Waals surface area contributed by atoms with Crippen molar-refractivity contribution in [2.24, 2.45) is 17.6 Å². The molecule has 1 rings (SSSR count). The predicted octanol–water partition coefficient (Wildman–Crippen LogP) is 0.392. The summed E-state index contributed by atoms with van der Waals surface area (Å²) in [7, 11) is 0. The monoisotopic (exact) mass is 255 g/mol. The Labute approximate surface area is 109 Å². The second-order valence-corrected chi connectivity index (χ2v) is 5.83. The number of nitrogens with one attached hydrogen (secondary N) is 2. The third-order valence-electron chi connectivity index (χ3n) is 3.72. The Morgan fingerprint density at radius 2 is 2.17 bits per heavy atom. The summed E-state index contributed by atoms with van der Waals surface area (Å²) in [6.45, 7) is 7.40. The number of carbonyl (C=O) groups excluding carboxylic acids is 2. The molecule has 1 heterocycles. The summed E-state index contributed by atoms with van der Waals surface area (Å²) in [6, 6.07) is 0. The van der Waals surface area contributed by atoms with Gasteiger partial charge in [-0.1, -0.05) is 6.92 Å². The Kier molecular flexibility index (Phi) is 5.14. The lowest BCUT2D eigenvalue weighted by atomic mass is 9.85. The fourth-order valence-corrected chi connectivity index (χ4v) is 2.28. The van der Waals surface area contributed by atoms with Gasteiger partial charge >= 0.3 is 0 Å². The zero-order chi connectivity index (χ0) is 13.8. The van der Waals surface area contributed by atoms with Crippen molar-refractivity contribution in [1.29, 1.82) is 0 Å². The maximum atomic E-state index is 11.9. The van der Waals surface area contributed by atoms with Crippen molar-refractivity contribution in [3.05, 3.63) is 0 Å². The molecule has 1 saturated heterocycles. The number of hydrogen-bond donors (Lipinski definition) is 3. The van der Waals surface area contributed by atoms with Gasteiger partial charge in [0.25, 0.3) is 0 Å². The van der Waals surface area contributed by atoms with Gasteiger partial charge < -0.3 is 16.4 Å². The molecule has 1 aliphatic rings. The molecule has 4 N–H and O–H groups in total. The molecular formula is C13H25N3O2. The Morgan fingerprint density at radius 3 is 2.67 bits per heavy atom. The van der Waals surface area contributed by atoms with Crippen LogP contribution in [0, 0.1) is 11.8 Å². The van der Waals surface area contributed by atoms with Crippen molar-refractivity contribution in [2.45, 2.75) is 45.6 Å². The lowest BCUT2D eigenvalue weighted by molar-refractivity contribution is -0.131. The SMILES string of the molecule is CC(CC(=O)NC(C)(C)C(N)=O)C1CCCNC1. The zero-order valence-electron chi connectivity index (χ0n) is 11.6. The van der Waals surface area contributed by atoms with Gasteiger partial charge in [-0.2, -0.15) is 0 Å². The summed E-state index contributed by atoms with van der Waals surface area (Å²) in [5.74, 6) is 0.252. The van der Waals surface area contributed by atoms with Crippen LogP contribution >= 0.6 is 0 Å². The number of rotatable bonds is 5. The van der Waals surface area contributed by atoms with E-state index in [0.717, 1.165) is 13.1 Å².